The predicted molar refractivity (Wildman–Crippen MR) is 73.4 cm³/mol. The highest BCUT2D eigenvalue weighted by atomic mass is 16.5. The number of nitrogens with one attached hydrogen (secondary N) is 2. The molecule has 0 aliphatic heterocycles. The lowest BCUT2D eigenvalue weighted by Crippen LogP contribution is -2.29. The number of hydrogen-bond donors (Lipinski definition) is 2. The molecule has 0 fully saturated rings. The summed E-state index contributed by atoms with van der Waals surface area (Å²) in [5, 5.41) is 5.43. The topological polar surface area (TPSA) is 68.8 Å². The molecule has 0 radical (unpaired) electrons. The molecule has 1 aromatic rings. The number of methoxy groups -OCH3 is 3. The van der Waals surface area contributed by atoms with Crippen molar-refractivity contribution < 1.29 is 19.0 Å². The van der Waals surface area contributed by atoms with Gasteiger partial charge in [-0.05, 0) is 6.42 Å². The lowest BCUT2D eigenvalue weighted by atomic mass is 10.2. The van der Waals surface area contributed by atoms with Crippen molar-refractivity contribution in [3.05, 3.63) is 12.1 Å². The van der Waals surface area contributed by atoms with Gasteiger partial charge < -0.3 is 24.8 Å². The van der Waals surface area contributed by atoms with Gasteiger partial charge in [-0.15, -0.1) is 0 Å². The molecule has 19 heavy (non-hydrogen) atoms. The summed E-state index contributed by atoms with van der Waals surface area (Å²) in [7, 11) is 4.58. The summed E-state index contributed by atoms with van der Waals surface area (Å²) in [5.74, 6) is 1.48. The van der Waals surface area contributed by atoms with Crippen molar-refractivity contribution in [3.63, 3.8) is 0 Å². The van der Waals surface area contributed by atoms with Crippen LogP contribution in [0.3, 0.4) is 0 Å². The van der Waals surface area contributed by atoms with Gasteiger partial charge in [0.15, 0.2) is 11.5 Å². The van der Waals surface area contributed by atoms with Crippen LogP contribution in [0.2, 0.25) is 0 Å². The lowest BCUT2D eigenvalue weighted by Gasteiger charge is -2.14. The summed E-state index contributed by atoms with van der Waals surface area (Å²) in [6, 6.07) is 3.08. The van der Waals surface area contributed by atoms with Gasteiger partial charge in [0.2, 0.25) is 5.75 Å². The maximum absolute atomic E-state index is 11.6. The van der Waals surface area contributed by atoms with E-state index < -0.39 is 0 Å². The Kier molecular flexibility index (Phi) is 5.78. The van der Waals surface area contributed by atoms with Crippen molar-refractivity contribution in [1.82, 2.24) is 5.32 Å². The first-order valence-corrected chi connectivity index (χ1v) is 6.01. The number of amides is 2. The summed E-state index contributed by atoms with van der Waals surface area (Å²) < 4.78 is 15.6. The van der Waals surface area contributed by atoms with Crippen LogP contribution >= 0.6 is 0 Å². The van der Waals surface area contributed by atoms with Crippen molar-refractivity contribution in [3.8, 4) is 17.2 Å². The molecule has 0 heterocycles. The van der Waals surface area contributed by atoms with Gasteiger partial charge in [0.05, 0.1) is 27.0 Å². The van der Waals surface area contributed by atoms with Gasteiger partial charge in [0, 0.05) is 18.7 Å². The minimum absolute atomic E-state index is 0.267. The Balaban J connectivity index is 2.93. The van der Waals surface area contributed by atoms with Crippen LogP contribution in [0, 0.1) is 0 Å². The largest absolute Gasteiger partial charge is 0.493 e. The van der Waals surface area contributed by atoms with Crippen LogP contribution in [0.4, 0.5) is 10.5 Å². The molecule has 6 heteroatoms. The summed E-state index contributed by atoms with van der Waals surface area (Å²) in [6.45, 7) is 2.61. The molecule has 0 saturated heterocycles. The minimum Gasteiger partial charge on any atom is -0.493 e. The van der Waals surface area contributed by atoms with Crippen LogP contribution in [0.5, 0.6) is 17.2 Å². The normalized spacial score (nSPS) is 9.68. The zero-order valence-corrected chi connectivity index (χ0v) is 11.7. The molecule has 0 saturated carbocycles. The van der Waals surface area contributed by atoms with Crippen LogP contribution in [0.15, 0.2) is 12.1 Å². The Morgan fingerprint density at radius 2 is 1.68 bits per heavy atom. The average molecular weight is 268 g/mol. The number of carbonyl (C=O) groups is 1. The van der Waals surface area contributed by atoms with Gasteiger partial charge in [0.1, 0.15) is 0 Å². The van der Waals surface area contributed by atoms with Crippen molar-refractivity contribution in [1.29, 1.82) is 0 Å². The summed E-state index contributed by atoms with van der Waals surface area (Å²) >= 11 is 0. The molecule has 0 bridgehead atoms. The van der Waals surface area contributed by atoms with E-state index in [0.29, 0.717) is 29.5 Å². The molecule has 0 unspecified atom stereocenters. The molecule has 2 amide bonds. The SMILES string of the molecule is CCCNC(=O)Nc1cc(OC)c(OC)c(OC)c1. The van der Waals surface area contributed by atoms with Crippen molar-refractivity contribution in [2.75, 3.05) is 33.2 Å². The number of ether oxygens (including phenoxy) is 3. The molecular weight excluding hydrogens is 248 g/mol. The van der Waals surface area contributed by atoms with E-state index in [1.165, 1.54) is 21.3 Å². The van der Waals surface area contributed by atoms with Crippen LogP contribution < -0.4 is 24.8 Å². The van der Waals surface area contributed by atoms with E-state index in [-0.39, 0.29) is 6.03 Å². The first kappa shape index (κ1) is 14.9. The average Bonchev–Trinajstić information content (AvgIpc) is 2.43. The van der Waals surface area contributed by atoms with Gasteiger partial charge in [0.25, 0.3) is 0 Å². The standard InChI is InChI=1S/C13H20N2O4/c1-5-6-14-13(16)15-9-7-10(17-2)12(19-4)11(8-9)18-3/h7-8H,5-6H2,1-4H3,(H2,14,15,16). The molecule has 0 aromatic heterocycles. The second-order valence-electron chi connectivity index (χ2n) is 3.79. The van der Waals surface area contributed by atoms with Gasteiger partial charge in [-0.2, -0.15) is 0 Å². The molecule has 1 aromatic carbocycles. The molecule has 0 atom stereocenters. The predicted octanol–water partition coefficient (Wildman–Crippen LogP) is 2.24. The first-order chi connectivity index (χ1) is 9.15. The third-order valence-corrected chi connectivity index (χ3v) is 2.46. The second kappa shape index (κ2) is 7.35. The summed E-state index contributed by atoms with van der Waals surface area (Å²) in [6.07, 6.45) is 0.878. The Morgan fingerprint density at radius 1 is 1.11 bits per heavy atom. The fraction of sp³-hybridized carbons (Fsp3) is 0.462. The van der Waals surface area contributed by atoms with Crippen LogP contribution in [-0.4, -0.2) is 33.9 Å². The molecular formula is C13H20N2O4. The Morgan fingerprint density at radius 3 is 2.11 bits per heavy atom. The van der Waals surface area contributed by atoms with Crippen LogP contribution in [0.1, 0.15) is 13.3 Å². The van der Waals surface area contributed by atoms with E-state index in [2.05, 4.69) is 10.6 Å². The molecule has 106 valence electrons. The number of carbonyl (C=O) groups excluding carboxylic acids is 1. The zero-order valence-electron chi connectivity index (χ0n) is 11.7. The second-order valence-corrected chi connectivity index (χ2v) is 3.79. The smallest absolute Gasteiger partial charge is 0.319 e. The molecule has 0 aliphatic carbocycles. The molecule has 6 nitrogen and oxygen atoms in total. The Labute approximate surface area is 113 Å². The number of anilines is 1. The van der Waals surface area contributed by atoms with E-state index in [0.717, 1.165) is 6.42 Å². The van der Waals surface area contributed by atoms with E-state index in [1.807, 2.05) is 6.92 Å². The fourth-order valence-electron chi connectivity index (χ4n) is 1.57. The summed E-state index contributed by atoms with van der Waals surface area (Å²) in [5.41, 5.74) is 0.572. The van der Waals surface area contributed by atoms with Crippen molar-refractivity contribution in [2.24, 2.45) is 0 Å². The van der Waals surface area contributed by atoms with Crippen LogP contribution in [-0.2, 0) is 0 Å². The van der Waals surface area contributed by atoms with Gasteiger partial charge >= 0.3 is 6.03 Å². The molecule has 0 spiro atoms. The first-order valence-electron chi connectivity index (χ1n) is 6.01. The molecule has 0 aliphatic rings. The quantitative estimate of drug-likeness (QED) is 0.830. The fourth-order valence-corrected chi connectivity index (χ4v) is 1.57. The Hall–Kier alpha value is -2.11. The van der Waals surface area contributed by atoms with E-state index in [9.17, 15) is 4.79 Å². The maximum Gasteiger partial charge on any atom is 0.319 e. The number of urea groups is 1. The van der Waals surface area contributed by atoms with E-state index in [1.54, 1.807) is 12.1 Å². The Bertz CT molecular complexity index is 410. The highest BCUT2D eigenvalue weighted by molar-refractivity contribution is 5.90. The number of benzene rings is 1. The van der Waals surface area contributed by atoms with E-state index in [4.69, 9.17) is 14.2 Å². The maximum atomic E-state index is 11.6. The van der Waals surface area contributed by atoms with Gasteiger partial charge in [-0.25, -0.2) is 4.79 Å². The monoisotopic (exact) mass is 268 g/mol. The lowest BCUT2D eigenvalue weighted by molar-refractivity contribution is 0.252. The third kappa shape index (κ3) is 3.94. The van der Waals surface area contributed by atoms with E-state index >= 15 is 0 Å². The molecule has 2 N–H and O–H groups in total. The van der Waals surface area contributed by atoms with Gasteiger partial charge in [-0.1, -0.05) is 6.92 Å². The highest BCUT2D eigenvalue weighted by Gasteiger charge is 2.14. The van der Waals surface area contributed by atoms with Crippen molar-refractivity contribution in [2.45, 2.75) is 13.3 Å². The van der Waals surface area contributed by atoms with Gasteiger partial charge in [-0.3, -0.25) is 0 Å². The molecule has 1 rings (SSSR count). The van der Waals surface area contributed by atoms with Crippen molar-refractivity contribution >= 4 is 11.7 Å². The zero-order chi connectivity index (χ0) is 14.3. The third-order valence-electron chi connectivity index (χ3n) is 2.46. The number of hydrogen-bond acceptors (Lipinski definition) is 4. The summed E-state index contributed by atoms with van der Waals surface area (Å²) in [4.78, 5) is 11.6. The minimum atomic E-state index is -0.267. The van der Waals surface area contributed by atoms with Crippen LogP contribution in [0.25, 0.3) is 0 Å². The highest BCUT2D eigenvalue weighted by Crippen LogP contribution is 2.39. The number of rotatable bonds is 6.